The van der Waals surface area contributed by atoms with Gasteiger partial charge in [-0.3, -0.25) is 4.79 Å². The summed E-state index contributed by atoms with van der Waals surface area (Å²) in [6, 6.07) is 22.9. The van der Waals surface area contributed by atoms with Gasteiger partial charge in [0, 0.05) is 24.1 Å². The summed E-state index contributed by atoms with van der Waals surface area (Å²) in [7, 11) is 0. The van der Waals surface area contributed by atoms with E-state index < -0.39 is 0 Å². The van der Waals surface area contributed by atoms with Crippen molar-refractivity contribution in [2.75, 3.05) is 6.54 Å². The monoisotopic (exact) mass is 481 g/mol. The van der Waals surface area contributed by atoms with Gasteiger partial charge in [-0.05, 0) is 65.6 Å². The molecule has 2 heterocycles. The van der Waals surface area contributed by atoms with Crippen LogP contribution in [0.5, 0.6) is 0 Å². The summed E-state index contributed by atoms with van der Waals surface area (Å²) in [5.74, 6) is 1.10. The lowest BCUT2D eigenvalue weighted by atomic mass is 9.90. The summed E-state index contributed by atoms with van der Waals surface area (Å²) >= 11 is 6.59. The molecule has 35 heavy (non-hydrogen) atoms. The zero-order valence-corrected chi connectivity index (χ0v) is 20.6. The Bertz CT molecular complexity index is 1400. The molecule has 1 saturated carbocycles. The van der Waals surface area contributed by atoms with Gasteiger partial charge in [0.2, 0.25) is 5.91 Å². The van der Waals surface area contributed by atoms with Crippen LogP contribution < -0.4 is 0 Å². The van der Waals surface area contributed by atoms with Crippen LogP contribution >= 0.6 is 11.6 Å². The molecule has 1 amide bonds. The Kier molecular flexibility index (Phi) is 5.49. The van der Waals surface area contributed by atoms with Crippen molar-refractivity contribution in [2.45, 2.75) is 39.2 Å². The molecule has 1 aliphatic heterocycles. The van der Waals surface area contributed by atoms with Crippen LogP contribution in [0.3, 0.4) is 0 Å². The van der Waals surface area contributed by atoms with E-state index >= 15 is 0 Å². The summed E-state index contributed by atoms with van der Waals surface area (Å²) in [4.78, 5) is 23.0. The number of nitrogens with one attached hydrogen (secondary N) is 1. The molecule has 0 atom stereocenters. The second-order valence-electron chi connectivity index (χ2n) is 10.1. The van der Waals surface area contributed by atoms with E-state index in [-0.39, 0.29) is 5.41 Å². The Hall–Kier alpha value is -3.37. The van der Waals surface area contributed by atoms with E-state index in [4.69, 9.17) is 11.6 Å². The zero-order chi connectivity index (χ0) is 24.0. The van der Waals surface area contributed by atoms with Crippen LogP contribution in [0.15, 0.2) is 72.9 Å². The smallest absolute Gasteiger partial charge is 0.228 e. The average molecular weight is 482 g/mol. The number of amides is 1. The molecule has 1 aromatic heterocycles. The van der Waals surface area contributed by atoms with Crippen LogP contribution in [0.25, 0.3) is 22.6 Å². The predicted octanol–water partition coefficient (Wildman–Crippen LogP) is 6.67. The van der Waals surface area contributed by atoms with Crippen molar-refractivity contribution in [3.8, 4) is 22.6 Å². The molecule has 1 N–H and O–H groups in total. The predicted molar refractivity (Wildman–Crippen MR) is 140 cm³/mol. The van der Waals surface area contributed by atoms with Gasteiger partial charge in [0.05, 0.1) is 16.9 Å². The number of aromatic nitrogens is 2. The van der Waals surface area contributed by atoms with Crippen LogP contribution in [0.4, 0.5) is 0 Å². The number of H-pyrrole nitrogens is 1. The molecule has 176 valence electrons. The first-order valence-electron chi connectivity index (χ1n) is 12.3. The van der Waals surface area contributed by atoms with E-state index in [1.807, 2.05) is 30.5 Å². The number of hydrogen-bond donors (Lipinski definition) is 1. The number of halogens is 1. The summed E-state index contributed by atoms with van der Waals surface area (Å²) in [6.07, 6.45) is 5.64. The highest BCUT2D eigenvalue weighted by molar-refractivity contribution is 6.33. The first-order valence-corrected chi connectivity index (χ1v) is 12.7. The second kappa shape index (κ2) is 8.69. The number of imidazole rings is 1. The number of aromatic amines is 1. The van der Waals surface area contributed by atoms with Crippen LogP contribution in [-0.4, -0.2) is 27.3 Å². The number of carbonyl (C=O) groups is 1. The minimum Gasteiger partial charge on any atom is -0.338 e. The first-order chi connectivity index (χ1) is 17.0. The number of carbonyl (C=O) groups excluding carboxylic acids is 1. The average Bonchev–Trinajstić information content (AvgIpc) is 3.45. The third-order valence-electron chi connectivity index (χ3n) is 7.51. The molecule has 0 saturated heterocycles. The fourth-order valence-corrected chi connectivity index (χ4v) is 5.32. The lowest BCUT2D eigenvalue weighted by molar-refractivity contribution is -0.137. The molecule has 4 nitrogen and oxygen atoms in total. The molecule has 5 heteroatoms. The van der Waals surface area contributed by atoms with Crippen molar-refractivity contribution < 1.29 is 4.79 Å². The molecule has 3 aromatic carbocycles. The molecular formula is C30H28ClN3O. The topological polar surface area (TPSA) is 49.0 Å². The Morgan fingerprint density at radius 1 is 1.09 bits per heavy atom. The molecule has 0 bridgehead atoms. The third kappa shape index (κ3) is 4.28. The summed E-state index contributed by atoms with van der Waals surface area (Å²) < 4.78 is 0. The van der Waals surface area contributed by atoms with E-state index in [9.17, 15) is 4.79 Å². The van der Waals surface area contributed by atoms with Crippen molar-refractivity contribution in [2.24, 2.45) is 5.41 Å². The van der Waals surface area contributed by atoms with Crippen LogP contribution in [0.1, 0.15) is 42.0 Å². The summed E-state index contributed by atoms with van der Waals surface area (Å²) in [6.45, 7) is 3.62. The molecule has 0 spiro atoms. The van der Waals surface area contributed by atoms with Crippen molar-refractivity contribution in [3.05, 3.63) is 100 Å². The minimum absolute atomic E-state index is 0.110. The lowest BCUT2D eigenvalue weighted by Gasteiger charge is -2.32. The van der Waals surface area contributed by atoms with E-state index in [0.29, 0.717) is 10.9 Å². The highest BCUT2D eigenvalue weighted by Crippen LogP contribution is 2.47. The van der Waals surface area contributed by atoms with Gasteiger partial charge in [0.1, 0.15) is 5.82 Å². The van der Waals surface area contributed by atoms with E-state index in [0.717, 1.165) is 61.4 Å². The highest BCUT2D eigenvalue weighted by atomic mass is 35.5. The minimum atomic E-state index is -0.110. The molecule has 1 fully saturated rings. The first kappa shape index (κ1) is 22.1. The Balaban J connectivity index is 1.25. The fraction of sp³-hybridized carbons (Fsp3) is 0.267. The zero-order valence-electron chi connectivity index (χ0n) is 19.9. The SMILES string of the molecule is CC1(C(=O)N2CCc3c(Cc4ccc(Cl)c(-c5ncc(-c6ccccc6)[nH]5)c4)cccc3C2)CC1. The quantitative estimate of drug-likeness (QED) is 0.346. The standard InChI is InChI=1S/C30H28ClN3O/c1-30(13-14-30)29(35)34-15-12-24-22(8-5-9-23(24)19-34)16-20-10-11-26(31)25(17-20)28-32-18-27(33-28)21-6-3-2-4-7-21/h2-11,17-18H,12-16,19H2,1H3,(H,32,33). The Labute approximate surface area is 211 Å². The molecule has 4 aromatic rings. The third-order valence-corrected chi connectivity index (χ3v) is 7.84. The van der Waals surface area contributed by atoms with Gasteiger partial charge in [-0.15, -0.1) is 0 Å². The van der Waals surface area contributed by atoms with E-state index in [1.54, 1.807) is 0 Å². The number of rotatable bonds is 5. The second-order valence-corrected chi connectivity index (χ2v) is 10.5. The van der Waals surface area contributed by atoms with E-state index in [2.05, 4.69) is 64.3 Å². The Morgan fingerprint density at radius 3 is 2.71 bits per heavy atom. The van der Waals surface area contributed by atoms with Gasteiger partial charge in [0.25, 0.3) is 0 Å². The van der Waals surface area contributed by atoms with Crippen LogP contribution in [0.2, 0.25) is 5.02 Å². The number of hydrogen-bond acceptors (Lipinski definition) is 2. The molecule has 6 rings (SSSR count). The summed E-state index contributed by atoms with van der Waals surface area (Å²) in [5, 5.41) is 0.681. The van der Waals surface area contributed by atoms with Gasteiger partial charge >= 0.3 is 0 Å². The van der Waals surface area contributed by atoms with Crippen LogP contribution in [0, 0.1) is 5.41 Å². The van der Waals surface area contributed by atoms with Crippen LogP contribution in [-0.2, 0) is 24.2 Å². The van der Waals surface area contributed by atoms with Crippen molar-refractivity contribution in [3.63, 3.8) is 0 Å². The largest absolute Gasteiger partial charge is 0.338 e. The van der Waals surface area contributed by atoms with Gasteiger partial charge < -0.3 is 9.88 Å². The van der Waals surface area contributed by atoms with Crippen molar-refractivity contribution in [1.29, 1.82) is 0 Å². The normalized spacial score (nSPS) is 16.1. The molecule has 0 radical (unpaired) electrons. The van der Waals surface area contributed by atoms with Gasteiger partial charge in [0.15, 0.2) is 0 Å². The molecule has 0 unspecified atom stereocenters. The number of benzene rings is 3. The summed E-state index contributed by atoms with van der Waals surface area (Å²) in [5.41, 5.74) is 8.05. The molecule has 2 aliphatic rings. The van der Waals surface area contributed by atoms with Crippen molar-refractivity contribution >= 4 is 17.5 Å². The fourth-order valence-electron chi connectivity index (χ4n) is 5.12. The highest BCUT2D eigenvalue weighted by Gasteiger charge is 2.47. The number of nitrogens with zero attached hydrogens (tertiary/aromatic N) is 2. The van der Waals surface area contributed by atoms with Gasteiger partial charge in [-0.2, -0.15) is 0 Å². The van der Waals surface area contributed by atoms with Gasteiger partial charge in [-0.25, -0.2) is 4.98 Å². The maximum atomic E-state index is 12.9. The number of fused-ring (bicyclic) bond motifs is 1. The molecular weight excluding hydrogens is 454 g/mol. The Morgan fingerprint density at radius 2 is 1.91 bits per heavy atom. The maximum absolute atomic E-state index is 12.9. The van der Waals surface area contributed by atoms with Crippen molar-refractivity contribution in [1.82, 2.24) is 14.9 Å². The lowest BCUT2D eigenvalue weighted by Crippen LogP contribution is -2.40. The molecule has 1 aliphatic carbocycles. The maximum Gasteiger partial charge on any atom is 0.228 e. The van der Waals surface area contributed by atoms with Gasteiger partial charge in [-0.1, -0.05) is 73.1 Å². The van der Waals surface area contributed by atoms with E-state index in [1.165, 1.54) is 22.3 Å².